The summed E-state index contributed by atoms with van der Waals surface area (Å²) in [4.78, 5) is 11.8. The molecule has 16 heavy (non-hydrogen) atoms. The van der Waals surface area contributed by atoms with E-state index in [4.69, 9.17) is 10.8 Å². The minimum absolute atomic E-state index is 0.100. The number of aromatic nitrogens is 2. The van der Waals surface area contributed by atoms with Crippen LogP contribution >= 0.6 is 0 Å². The molecule has 0 radical (unpaired) electrons. The SMILES string of the molecule is Nc1[nH]ncc1C(=O)Cc1ccc(O)cc1. The number of hydrogen-bond donors (Lipinski definition) is 3. The average molecular weight is 217 g/mol. The van der Waals surface area contributed by atoms with Crippen molar-refractivity contribution < 1.29 is 9.90 Å². The molecule has 0 fully saturated rings. The lowest BCUT2D eigenvalue weighted by Gasteiger charge is -2.00. The van der Waals surface area contributed by atoms with E-state index >= 15 is 0 Å². The second-order valence-corrected chi connectivity index (χ2v) is 3.46. The third-order valence-corrected chi connectivity index (χ3v) is 2.27. The lowest BCUT2D eigenvalue weighted by molar-refractivity contribution is 0.0994. The van der Waals surface area contributed by atoms with Crippen LogP contribution in [0.25, 0.3) is 0 Å². The van der Waals surface area contributed by atoms with Gasteiger partial charge in [0.1, 0.15) is 11.6 Å². The molecule has 0 saturated carbocycles. The number of aromatic hydroxyl groups is 1. The first-order valence-corrected chi connectivity index (χ1v) is 4.77. The molecule has 2 rings (SSSR count). The number of phenolic OH excluding ortho intramolecular Hbond substituents is 1. The number of nitrogen functional groups attached to an aromatic ring is 1. The van der Waals surface area contributed by atoms with Crippen molar-refractivity contribution in [2.75, 3.05) is 5.73 Å². The van der Waals surface area contributed by atoms with Crippen LogP contribution in [0.5, 0.6) is 5.75 Å². The van der Waals surface area contributed by atoms with Gasteiger partial charge >= 0.3 is 0 Å². The van der Waals surface area contributed by atoms with E-state index in [9.17, 15) is 4.79 Å². The zero-order valence-corrected chi connectivity index (χ0v) is 8.47. The van der Waals surface area contributed by atoms with Gasteiger partial charge in [-0.3, -0.25) is 9.89 Å². The van der Waals surface area contributed by atoms with Crippen LogP contribution in [0.15, 0.2) is 30.5 Å². The number of nitrogens with one attached hydrogen (secondary N) is 1. The van der Waals surface area contributed by atoms with Crippen LogP contribution in [-0.2, 0) is 6.42 Å². The maximum atomic E-state index is 11.8. The van der Waals surface area contributed by atoms with Gasteiger partial charge in [-0.15, -0.1) is 0 Å². The topological polar surface area (TPSA) is 92.0 Å². The van der Waals surface area contributed by atoms with Crippen molar-refractivity contribution in [3.8, 4) is 5.75 Å². The molecule has 5 heteroatoms. The fourth-order valence-corrected chi connectivity index (χ4v) is 1.41. The maximum Gasteiger partial charge on any atom is 0.172 e. The first-order valence-electron chi connectivity index (χ1n) is 4.77. The van der Waals surface area contributed by atoms with Gasteiger partial charge in [-0.05, 0) is 17.7 Å². The van der Waals surface area contributed by atoms with E-state index in [-0.39, 0.29) is 23.8 Å². The summed E-state index contributed by atoms with van der Waals surface area (Å²) in [7, 11) is 0. The van der Waals surface area contributed by atoms with Crippen molar-refractivity contribution in [2.45, 2.75) is 6.42 Å². The minimum Gasteiger partial charge on any atom is -0.508 e. The first-order chi connectivity index (χ1) is 7.66. The molecule has 0 saturated heterocycles. The number of aromatic amines is 1. The highest BCUT2D eigenvalue weighted by molar-refractivity contribution is 6.00. The highest BCUT2D eigenvalue weighted by Crippen LogP contribution is 2.14. The highest BCUT2D eigenvalue weighted by Gasteiger charge is 2.11. The van der Waals surface area contributed by atoms with E-state index in [1.807, 2.05) is 0 Å². The number of benzene rings is 1. The molecular weight excluding hydrogens is 206 g/mol. The number of carbonyl (C=O) groups is 1. The predicted molar refractivity (Wildman–Crippen MR) is 59.1 cm³/mol. The Morgan fingerprint density at radius 3 is 2.62 bits per heavy atom. The number of Topliss-reactive ketones (excluding diaryl/α,β-unsaturated/α-hetero) is 1. The van der Waals surface area contributed by atoms with E-state index in [1.165, 1.54) is 6.20 Å². The predicted octanol–water partition coefficient (Wildman–Crippen LogP) is 1.12. The van der Waals surface area contributed by atoms with Gasteiger partial charge in [0.2, 0.25) is 0 Å². The molecular formula is C11H11N3O2. The monoisotopic (exact) mass is 217 g/mol. The summed E-state index contributed by atoms with van der Waals surface area (Å²) in [6, 6.07) is 6.48. The molecule has 1 aromatic carbocycles. The lowest BCUT2D eigenvalue weighted by atomic mass is 10.1. The molecule has 2 aromatic rings. The van der Waals surface area contributed by atoms with Gasteiger partial charge in [-0.1, -0.05) is 12.1 Å². The standard InChI is InChI=1S/C11H11N3O2/c12-11-9(6-13-14-11)10(16)5-7-1-3-8(15)4-2-7/h1-4,6,15H,5H2,(H3,12,13,14). The number of ketones is 1. The normalized spacial score (nSPS) is 10.2. The Hall–Kier alpha value is -2.30. The molecule has 82 valence electrons. The van der Waals surface area contributed by atoms with Crippen LogP contribution in [0.3, 0.4) is 0 Å². The number of rotatable bonds is 3. The summed E-state index contributed by atoms with van der Waals surface area (Å²) < 4.78 is 0. The zero-order chi connectivity index (χ0) is 11.5. The zero-order valence-electron chi connectivity index (χ0n) is 8.47. The summed E-state index contributed by atoms with van der Waals surface area (Å²) in [5.41, 5.74) is 6.76. The number of nitrogens with zero attached hydrogens (tertiary/aromatic N) is 1. The Morgan fingerprint density at radius 2 is 2.06 bits per heavy atom. The van der Waals surface area contributed by atoms with Crippen molar-refractivity contribution in [2.24, 2.45) is 0 Å². The second-order valence-electron chi connectivity index (χ2n) is 3.46. The molecule has 5 nitrogen and oxygen atoms in total. The molecule has 0 bridgehead atoms. The number of carbonyl (C=O) groups excluding carboxylic acids is 1. The Morgan fingerprint density at radius 1 is 1.38 bits per heavy atom. The van der Waals surface area contributed by atoms with Crippen molar-refractivity contribution in [1.82, 2.24) is 10.2 Å². The molecule has 0 amide bonds. The molecule has 0 unspecified atom stereocenters. The van der Waals surface area contributed by atoms with Gasteiger partial charge in [0.15, 0.2) is 5.78 Å². The van der Waals surface area contributed by atoms with Gasteiger partial charge in [0.25, 0.3) is 0 Å². The number of nitrogens with two attached hydrogens (primary N) is 1. The number of hydrogen-bond acceptors (Lipinski definition) is 4. The molecule has 0 atom stereocenters. The third-order valence-electron chi connectivity index (χ3n) is 2.27. The fourth-order valence-electron chi connectivity index (χ4n) is 1.41. The second kappa shape index (κ2) is 4.06. The Bertz CT molecular complexity index is 502. The van der Waals surface area contributed by atoms with Crippen molar-refractivity contribution >= 4 is 11.6 Å². The minimum atomic E-state index is -0.100. The Labute approximate surface area is 91.9 Å². The van der Waals surface area contributed by atoms with Crippen LogP contribution in [0.1, 0.15) is 15.9 Å². The maximum absolute atomic E-state index is 11.8. The third kappa shape index (κ3) is 2.03. The molecule has 0 aliphatic heterocycles. The molecule has 0 aliphatic rings. The van der Waals surface area contributed by atoms with Crippen molar-refractivity contribution in [3.05, 3.63) is 41.6 Å². The van der Waals surface area contributed by atoms with Gasteiger partial charge in [-0.2, -0.15) is 5.10 Å². The highest BCUT2D eigenvalue weighted by atomic mass is 16.3. The van der Waals surface area contributed by atoms with Crippen molar-refractivity contribution in [1.29, 1.82) is 0 Å². The van der Waals surface area contributed by atoms with Crippen LogP contribution in [0.4, 0.5) is 5.82 Å². The number of anilines is 1. The van der Waals surface area contributed by atoms with E-state index in [2.05, 4.69) is 10.2 Å². The average Bonchev–Trinajstić information content (AvgIpc) is 2.68. The van der Waals surface area contributed by atoms with E-state index in [0.717, 1.165) is 5.56 Å². The molecule has 1 heterocycles. The van der Waals surface area contributed by atoms with Gasteiger partial charge in [0.05, 0.1) is 11.8 Å². The summed E-state index contributed by atoms with van der Waals surface area (Å²) in [5.74, 6) is 0.361. The smallest absolute Gasteiger partial charge is 0.172 e. The van der Waals surface area contributed by atoms with Gasteiger partial charge in [0, 0.05) is 6.42 Å². The fraction of sp³-hybridized carbons (Fsp3) is 0.0909. The number of phenols is 1. The molecule has 4 N–H and O–H groups in total. The van der Waals surface area contributed by atoms with E-state index in [0.29, 0.717) is 5.56 Å². The van der Waals surface area contributed by atoms with E-state index in [1.54, 1.807) is 24.3 Å². The van der Waals surface area contributed by atoms with Crippen LogP contribution in [-0.4, -0.2) is 21.1 Å². The summed E-state index contributed by atoms with van der Waals surface area (Å²) >= 11 is 0. The van der Waals surface area contributed by atoms with Gasteiger partial charge in [-0.25, -0.2) is 0 Å². The quantitative estimate of drug-likeness (QED) is 0.672. The van der Waals surface area contributed by atoms with Crippen LogP contribution in [0.2, 0.25) is 0 Å². The van der Waals surface area contributed by atoms with Crippen LogP contribution in [0, 0.1) is 0 Å². The Kier molecular flexibility index (Phi) is 2.59. The Balaban J connectivity index is 2.14. The van der Waals surface area contributed by atoms with Crippen molar-refractivity contribution in [3.63, 3.8) is 0 Å². The summed E-state index contributed by atoms with van der Waals surface area (Å²) in [5, 5.41) is 15.3. The number of H-pyrrole nitrogens is 1. The summed E-state index contributed by atoms with van der Waals surface area (Å²) in [6.45, 7) is 0. The summed E-state index contributed by atoms with van der Waals surface area (Å²) in [6.07, 6.45) is 1.65. The lowest BCUT2D eigenvalue weighted by Crippen LogP contribution is -2.05. The van der Waals surface area contributed by atoms with Gasteiger partial charge < -0.3 is 10.8 Å². The largest absolute Gasteiger partial charge is 0.508 e. The molecule has 0 spiro atoms. The van der Waals surface area contributed by atoms with E-state index < -0.39 is 0 Å². The molecule has 0 aliphatic carbocycles. The first kappa shape index (κ1) is 10.2. The molecule has 1 aromatic heterocycles. The van der Waals surface area contributed by atoms with Crippen LogP contribution < -0.4 is 5.73 Å².